The molecular formula is C19H23N3O7. The molecule has 29 heavy (non-hydrogen) atoms. The first-order chi connectivity index (χ1) is 14.0. The van der Waals surface area contributed by atoms with Crippen LogP contribution in [0.2, 0.25) is 0 Å². The number of amides is 4. The molecule has 0 radical (unpaired) electrons. The fourth-order valence-electron chi connectivity index (χ4n) is 3.22. The number of benzene rings is 1. The predicted octanol–water partition coefficient (Wildman–Crippen LogP) is -0.541. The summed E-state index contributed by atoms with van der Waals surface area (Å²) in [5.41, 5.74) is 5.61. The standard InChI is InChI=1S/C19H23N3O7/c20-6-7-27-8-9-28-10-11-29-14-3-1-2-12-16(14)19(26)22(18(12)25)13-4-5-15(23)21-17(13)24/h1-3,13H,4-11,20H2,(H,21,23,24). The maximum Gasteiger partial charge on any atom is 0.266 e. The molecule has 10 heteroatoms. The first-order valence-electron chi connectivity index (χ1n) is 9.37. The highest BCUT2D eigenvalue weighted by atomic mass is 16.5. The molecule has 1 fully saturated rings. The molecule has 10 nitrogen and oxygen atoms in total. The summed E-state index contributed by atoms with van der Waals surface area (Å²) >= 11 is 0. The van der Waals surface area contributed by atoms with Crippen LogP contribution in [0.3, 0.4) is 0 Å². The Hall–Kier alpha value is -2.82. The Kier molecular flexibility index (Phi) is 6.91. The van der Waals surface area contributed by atoms with Gasteiger partial charge in [-0.05, 0) is 18.6 Å². The summed E-state index contributed by atoms with van der Waals surface area (Å²) in [6.07, 6.45) is 0.173. The van der Waals surface area contributed by atoms with E-state index in [2.05, 4.69) is 5.32 Å². The van der Waals surface area contributed by atoms with E-state index in [4.69, 9.17) is 19.9 Å². The van der Waals surface area contributed by atoms with E-state index in [9.17, 15) is 19.2 Å². The van der Waals surface area contributed by atoms with Gasteiger partial charge in [-0.2, -0.15) is 0 Å². The summed E-state index contributed by atoms with van der Waals surface area (Å²) < 4.78 is 16.2. The van der Waals surface area contributed by atoms with Crippen molar-refractivity contribution < 1.29 is 33.4 Å². The van der Waals surface area contributed by atoms with Gasteiger partial charge in [-0.25, -0.2) is 0 Å². The van der Waals surface area contributed by atoms with Crippen molar-refractivity contribution >= 4 is 23.6 Å². The average Bonchev–Trinajstić information content (AvgIpc) is 2.95. The average molecular weight is 405 g/mol. The van der Waals surface area contributed by atoms with Crippen LogP contribution in [0.15, 0.2) is 18.2 Å². The Morgan fingerprint density at radius 3 is 2.45 bits per heavy atom. The SMILES string of the molecule is NCCOCCOCCOc1cccc2c1C(=O)N(C1CCC(=O)NC1=O)C2=O. The molecule has 1 aromatic carbocycles. The van der Waals surface area contributed by atoms with Crippen LogP contribution in [-0.4, -0.2) is 74.1 Å². The molecule has 0 aliphatic carbocycles. The van der Waals surface area contributed by atoms with Crippen LogP contribution in [0.4, 0.5) is 0 Å². The smallest absolute Gasteiger partial charge is 0.266 e. The van der Waals surface area contributed by atoms with Gasteiger partial charge in [0.2, 0.25) is 11.8 Å². The second-order valence-corrected chi connectivity index (χ2v) is 6.49. The van der Waals surface area contributed by atoms with Crippen molar-refractivity contribution in [2.45, 2.75) is 18.9 Å². The third-order valence-corrected chi connectivity index (χ3v) is 4.55. The minimum Gasteiger partial charge on any atom is -0.490 e. The monoisotopic (exact) mass is 405 g/mol. The summed E-state index contributed by atoms with van der Waals surface area (Å²) in [6, 6.07) is 3.70. The van der Waals surface area contributed by atoms with E-state index in [1.165, 1.54) is 6.07 Å². The zero-order valence-electron chi connectivity index (χ0n) is 15.8. The largest absolute Gasteiger partial charge is 0.490 e. The minimum absolute atomic E-state index is 0.0690. The number of nitrogens with two attached hydrogens (primary N) is 1. The van der Waals surface area contributed by atoms with Gasteiger partial charge in [-0.3, -0.25) is 29.4 Å². The van der Waals surface area contributed by atoms with E-state index >= 15 is 0 Å². The van der Waals surface area contributed by atoms with E-state index < -0.39 is 29.7 Å². The molecule has 0 bridgehead atoms. The lowest BCUT2D eigenvalue weighted by Gasteiger charge is -2.27. The predicted molar refractivity (Wildman–Crippen MR) is 99.3 cm³/mol. The lowest BCUT2D eigenvalue weighted by atomic mass is 10.0. The number of fused-ring (bicyclic) bond motifs is 1. The Balaban J connectivity index is 1.61. The van der Waals surface area contributed by atoms with Gasteiger partial charge in [-0.15, -0.1) is 0 Å². The zero-order chi connectivity index (χ0) is 20.8. The van der Waals surface area contributed by atoms with Crippen LogP contribution in [0.25, 0.3) is 0 Å². The highest BCUT2D eigenvalue weighted by Crippen LogP contribution is 2.33. The number of ether oxygens (including phenoxy) is 3. The fraction of sp³-hybridized carbons (Fsp3) is 0.474. The molecule has 2 aliphatic heterocycles. The van der Waals surface area contributed by atoms with Gasteiger partial charge in [0.25, 0.3) is 11.8 Å². The molecule has 0 spiro atoms. The number of rotatable bonds is 10. The summed E-state index contributed by atoms with van der Waals surface area (Å²) in [4.78, 5) is 50.0. The maximum atomic E-state index is 12.9. The molecule has 1 aromatic rings. The Morgan fingerprint density at radius 1 is 1.00 bits per heavy atom. The maximum absolute atomic E-state index is 12.9. The molecule has 3 rings (SSSR count). The molecule has 2 aliphatic rings. The highest BCUT2D eigenvalue weighted by Gasteiger charge is 2.45. The van der Waals surface area contributed by atoms with E-state index in [1.54, 1.807) is 12.1 Å². The van der Waals surface area contributed by atoms with Crippen LogP contribution in [0, 0.1) is 0 Å². The Labute approximate surface area is 167 Å². The second kappa shape index (κ2) is 9.59. The molecule has 0 aromatic heterocycles. The Morgan fingerprint density at radius 2 is 1.72 bits per heavy atom. The number of nitrogens with zero attached hydrogens (tertiary/aromatic N) is 1. The molecular weight excluding hydrogens is 382 g/mol. The van der Waals surface area contributed by atoms with Crippen LogP contribution >= 0.6 is 0 Å². The minimum atomic E-state index is -1.01. The lowest BCUT2D eigenvalue weighted by molar-refractivity contribution is -0.136. The quantitative estimate of drug-likeness (QED) is 0.391. The number of nitrogens with one attached hydrogen (secondary N) is 1. The number of carbonyl (C=O) groups is 4. The molecule has 1 atom stereocenters. The first-order valence-corrected chi connectivity index (χ1v) is 9.37. The van der Waals surface area contributed by atoms with Gasteiger partial charge in [0, 0.05) is 13.0 Å². The van der Waals surface area contributed by atoms with Crippen molar-refractivity contribution in [1.82, 2.24) is 10.2 Å². The van der Waals surface area contributed by atoms with Gasteiger partial charge >= 0.3 is 0 Å². The molecule has 1 unspecified atom stereocenters. The van der Waals surface area contributed by atoms with E-state index in [-0.39, 0.29) is 42.9 Å². The van der Waals surface area contributed by atoms with E-state index in [1.807, 2.05) is 0 Å². The normalized spacial score (nSPS) is 18.8. The molecule has 3 N–H and O–H groups in total. The van der Waals surface area contributed by atoms with Crippen molar-refractivity contribution in [3.8, 4) is 5.75 Å². The van der Waals surface area contributed by atoms with Crippen LogP contribution in [0.5, 0.6) is 5.75 Å². The Bertz CT molecular complexity index is 811. The third-order valence-electron chi connectivity index (χ3n) is 4.55. The third kappa shape index (κ3) is 4.61. The summed E-state index contributed by atoms with van der Waals surface area (Å²) in [7, 11) is 0. The van der Waals surface area contributed by atoms with Crippen molar-refractivity contribution in [2.75, 3.05) is 39.6 Å². The van der Waals surface area contributed by atoms with Gasteiger partial charge in [0.05, 0.1) is 37.6 Å². The van der Waals surface area contributed by atoms with Gasteiger partial charge < -0.3 is 19.9 Å². The first kappa shape index (κ1) is 20.9. The number of hydrogen-bond donors (Lipinski definition) is 2. The summed E-state index contributed by atoms with van der Waals surface area (Å²) in [6.45, 7) is 2.17. The van der Waals surface area contributed by atoms with Crippen molar-refractivity contribution in [3.63, 3.8) is 0 Å². The van der Waals surface area contributed by atoms with Crippen LogP contribution < -0.4 is 15.8 Å². The van der Waals surface area contributed by atoms with Gasteiger partial charge in [0.15, 0.2) is 0 Å². The topological polar surface area (TPSA) is 137 Å². The van der Waals surface area contributed by atoms with Crippen molar-refractivity contribution in [3.05, 3.63) is 29.3 Å². The number of imide groups is 2. The number of carbonyl (C=O) groups excluding carboxylic acids is 4. The summed E-state index contributed by atoms with van der Waals surface area (Å²) in [5, 5.41) is 2.17. The van der Waals surface area contributed by atoms with Crippen molar-refractivity contribution in [2.24, 2.45) is 5.73 Å². The molecule has 4 amide bonds. The second-order valence-electron chi connectivity index (χ2n) is 6.49. The van der Waals surface area contributed by atoms with Gasteiger partial charge in [0.1, 0.15) is 18.4 Å². The molecule has 0 saturated carbocycles. The van der Waals surface area contributed by atoms with Crippen molar-refractivity contribution in [1.29, 1.82) is 0 Å². The lowest BCUT2D eigenvalue weighted by Crippen LogP contribution is -2.54. The zero-order valence-corrected chi connectivity index (χ0v) is 15.8. The van der Waals surface area contributed by atoms with E-state index in [0.717, 1.165) is 4.90 Å². The fourth-order valence-corrected chi connectivity index (χ4v) is 3.22. The molecule has 1 saturated heterocycles. The van der Waals surface area contributed by atoms with Crippen LogP contribution in [-0.2, 0) is 19.1 Å². The number of piperidine rings is 1. The van der Waals surface area contributed by atoms with Crippen LogP contribution in [0.1, 0.15) is 33.6 Å². The highest BCUT2D eigenvalue weighted by molar-refractivity contribution is 6.24. The molecule has 156 valence electrons. The van der Waals surface area contributed by atoms with Gasteiger partial charge in [-0.1, -0.05) is 6.07 Å². The molecule has 2 heterocycles. The summed E-state index contributed by atoms with van der Waals surface area (Å²) in [5.74, 6) is -1.99. The van der Waals surface area contributed by atoms with E-state index in [0.29, 0.717) is 26.4 Å². The number of hydrogen-bond acceptors (Lipinski definition) is 8.